The van der Waals surface area contributed by atoms with E-state index in [-0.39, 0.29) is 10.9 Å². The molecule has 0 aliphatic heterocycles. The number of hydrogen-bond donors (Lipinski definition) is 1. The Hall–Kier alpha value is 0.450. The zero-order valence-electron chi connectivity index (χ0n) is 3.56. The highest BCUT2D eigenvalue weighted by atomic mass is 127. The van der Waals surface area contributed by atoms with Gasteiger partial charge < -0.3 is 5.11 Å². The fourth-order valence-corrected chi connectivity index (χ4v) is 1.64. The first-order chi connectivity index (χ1) is 3.72. The Bertz CT molecular complexity index is 182. The maximum Gasteiger partial charge on any atom is 0.185 e. The first-order valence-electron chi connectivity index (χ1n) is 1.71. The van der Waals surface area contributed by atoms with Crippen LogP contribution >= 0.6 is 45.7 Å². The molecule has 0 spiro atoms. The quantitative estimate of drug-likeness (QED) is 0.726. The van der Waals surface area contributed by atoms with Crippen molar-refractivity contribution in [1.29, 1.82) is 0 Å². The Balaban J connectivity index is 3.19. The van der Waals surface area contributed by atoms with Gasteiger partial charge in [0.1, 0.15) is 2.88 Å². The summed E-state index contributed by atoms with van der Waals surface area (Å²) in [6.07, 6.45) is 0. The largest absolute Gasteiger partial charge is 0.503 e. The topological polar surface area (TPSA) is 33.1 Å². The van der Waals surface area contributed by atoms with E-state index in [0.717, 1.165) is 2.88 Å². The smallest absolute Gasteiger partial charge is 0.185 e. The molecule has 1 N–H and O–H groups in total. The summed E-state index contributed by atoms with van der Waals surface area (Å²) in [4.78, 5) is 0. The minimum atomic E-state index is 0.0947. The van der Waals surface area contributed by atoms with Crippen LogP contribution in [0, 0.1) is 2.88 Å². The predicted molar refractivity (Wildman–Crippen MR) is 41.5 cm³/mol. The zero-order valence-corrected chi connectivity index (χ0v) is 7.29. The van der Waals surface area contributed by atoms with E-state index in [0.29, 0.717) is 0 Å². The number of rotatable bonds is 0. The summed E-state index contributed by atoms with van der Waals surface area (Å²) >= 11 is 8.53. The fraction of sp³-hybridized carbons (Fsp3) is 0. The first kappa shape index (κ1) is 6.57. The Morgan fingerprint density at radius 1 is 1.75 bits per heavy atom. The highest BCUT2D eigenvalue weighted by Gasteiger charge is 2.05. The zero-order chi connectivity index (χ0) is 6.15. The van der Waals surface area contributed by atoms with Gasteiger partial charge in [-0.3, -0.25) is 0 Å². The van der Waals surface area contributed by atoms with Crippen LogP contribution in [0.4, 0.5) is 0 Å². The van der Waals surface area contributed by atoms with Gasteiger partial charge in [-0.1, -0.05) is 11.6 Å². The van der Waals surface area contributed by atoms with Crippen LogP contribution in [0.25, 0.3) is 0 Å². The van der Waals surface area contributed by atoms with Crippen LogP contribution in [0.3, 0.4) is 0 Å². The first-order valence-corrected chi connectivity index (χ1v) is 3.94. The Morgan fingerprint density at radius 2 is 2.38 bits per heavy atom. The number of aromatic nitrogens is 1. The standard InChI is InChI=1S/C3HClINOS/c4-2-1(7)3(5)8-6-2/h7H. The molecule has 0 radical (unpaired) electrons. The Labute approximate surface area is 68.8 Å². The molecule has 0 aliphatic rings. The van der Waals surface area contributed by atoms with E-state index >= 15 is 0 Å². The molecule has 0 atom stereocenters. The Morgan fingerprint density at radius 3 is 2.50 bits per heavy atom. The van der Waals surface area contributed by atoms with Gasteiger partial charge in [-0.15, -0.1) is 0 Å². The molecule has 0 fully saturated rings. The maximum atomic E-state index is 8.85. The second-order valence-corrected chi connectivity index (χ2v) is 4.04. The third-order valence-electron chi connectivity index (χ3n) is 0.588. The van der Waals surface area contributed by atoms with Crippen molar-refractivity contribution in [1.82, 2.24) is 4.37 Å². The molecule has 0 bridgehead atoms. The van der Waals surface area contributed by atoms with Crippen LogP contribution in [0.2, 0.25) is 5.15 Å². The predicted octanol–water partition coefficient (Wildman–Crippen LogP) is 2.11. The van der Waals surface area contributed by atoms with Crippen molar-refractivity contribution in [2.75, 3.05) is 0 Å². The van der Waals surface area contributed by atoms with Crippen LogP contribution in [0.5, 0.6) is 5.75 Å². The van der Waals surface area contributed by atoms with Gasteiger partial charge in [0.15, 0.2) is 10.9 Å². The van der Waals surface area contributed by atoms with Gasteiger partial charge in [0.05, 0.1) is 0 Å². The molecule has 1 aromatic heterocycles. The normalized spacial score (nSPS) is 9.75. The molecular weight excluding hydrogens is 260 g/mol. The van der Waals surface area contributed by atoms with Gasteiger partial charge in [0.2, 0.25) is 0 Å². The molecule has 2 nitrogen and oxygen atoms in total. The van der Waals surface area contributed by atoms with Crippen LogP contribution in [0.15, 0.2) is 0 Å². The lowest BCUT2D eigenvalue weighted by Gasteiger charge is -1.79. The Kier molecular flexibility index (Phi) is 1.94. The molecule has 1 aromatic rings. The van der Waals surface area contributed by atoms with E-state index in [1.165, 1.54) is 11.5 Å². The molecule has 0 aliphatic carbocycles. The van der Waals surface area contributed by atoms with Gasteiger partial charge >= 0.3 is 0 Å². The molecule has 0 amide bonds. The summed E-state index contributed by atoms with van der Waals surface area (Å²) in [5.74, 6) is 0.0947. The summed E-state index contributed by atoms with van der Waals surface area (Å²) in [6.45, 7) is 0. The van der Waals surface area contributed by atoms with Crippen LogP contribution in [-0.4, -0.2) is 9.48 Å². The van der Waals surface area contributed by atoms with Gasteiger partial charge in [-0.2, -0.15) is 4.37 Å². The maximum absolute atomic E-state index is 8.85. The summed E-state index contributed by atoms with van der Waals surface area (Å²) in [5.41, 5.74) is 0. The third-order valence-corrected chi connectivity index (χ3v) is 2.68. The molecule has 1 heterocycles. The van der Waals surface area contributed by atoms with E-state index in [1.54, 1.807) is 0 Å². The van der Waals surface area contributed by atoms with Crippen molar-refractivity contribution < 1.29 is 5.11 Å². The van der Waals surface area contributed by atoms with Crippen molar-refractivity contribution in [2.45, 2.75) is 0 Å². The molecule has 44 valence electrons. The lowest BCUT2D eigenvalue weighted by atomic mass is 10.7. The summed E-state index contributed by atoms with van der Waals surface area (Å²) in [6, 6.07) is 0. The molecule has 1 rings (SSSR count). The van der Waals surface area contributed by atoms with Crippen LogP contribution in [0.1, 0.15) is 0 Å². The highest BCUT2D eigenvalue weighted by Crippen LogP contribution is 2.30. The SMILES string of the molecule is Oc1c(Cl)nsc1I. The van der Waals surface area contributed by atoms with Gasteiger partial charge in [0, 0.05) is 0 Å². The van der Waals surface area contributed by atoms with E-state index < -0.39 is 0 Å². The van der Waals surface area contributed by atoms with Crippen molar-refractivity contribution >= 4 is 45.7 Å². The lowest BCUT2D eigenvalue weighted by molar-refractivity contribution is 0.473. The van der Waals surface area contributed by atoms with Gasteiger partial charge in [-0.05, 0) is 34.1 Å². The molecule has 8 heavy (non-hydrogen) atoms. The van der Waals surface area contributed by atoms with Crippen molar-refractivity contribution in [3.8, 4) is 5.75 Å². The lowest BCUT2D eigenvalue weighted by Crippen LogP contribution is -1.58. The number of halogens is 2. The number of aromatic hydroxyl groups is 1. The average molecular weight is 261 g/mol. The third kappa shape index (κ3) is 1.06. The summed E-state index contributed by atoms with van der Waals surface area (Å²) in [7, 11) is 0. The molecular formula is C3HClINOS. The van der Waals surface area contributed by atoms with E-state index in [1.807, 2.05) is 22.6 Å². The van der Waals surface area contributed by atoms with Crippen molar-refractivity contribution in [2.24, 2.45) is 0 Å². The second-order valence-electron chi connectivity index (χ2n) is 1.10. The van der Waals surface area contributed by atoms with Crippen LogP contribution in [-0.2, 0) is 0 Å². The number of hydrogen-bond acceptors (Lipinski definition) is 3. The fourth-order valence-electron chi connectivity index (χ4n) is 0.248. The van der Waals surface area contributed by atoms with Crippen molar-refractivity contribution in [3.63, 3.8) is 0 Å². The minimum Gasteiger partial charge on any atom is -0.503 e. The van der Waals surface area contributed by atoms with E-state index in [4.69, 9.17) is 16.7 Å². The summed E-state index contributed by atoms with van der Waals surface area (Å²) < 4.78 is 4.39. The summed E-state index contributed by atoms with van der Waals surface area (Å²) in [5, 5.41) is 9.05. The van der Waals surface area contributed by atoms with E-state index in [9.17, 15) is 0 Å². The molecule has 5 heteroatoms. The van der Waals surface area contributed by atoms with Crippen LogP contribution < -0.4 is 0 Å². The van der Waals surface area contributed by atoms with Gasteiger partial charge in [-0.25, -0.2) is 0 Å². The second kappa shape index (κ2) is 2.36. The van der Waals surface area contributed by atoms with Gasteiger partial charge in [0.25, 0.3) is 0 Å². The van der Waals surface area contributed by atoms with E-state index in [2.05, 4.69) is 4.37 Å². The molecule has 0 saturated heterocycles. The minimum absolute atomic E-state index is 0.0947. The molecule has 0 saturated carbocycles. The monoisotopic (exact) mass is 261 g/mol. The molecule has 0 unspecified atom stereocenters. The van der Waals surface area contributed by atoms with Crippen molar-refractivity contribution in [3.05, 3.63) is 8.04 Å². The average Bonchev–Trinajstić information content (AvgIpc) is 1.98. The number of nitrogens with zero attached hydrogens (tertiary/aromatic N) is 1. The highest BCUT2D eigenvalue weighted by molar-refractivity contribution is 14.1. The molecule has 0 aromatic carbocycles.